The Morgan fingerprint density at radius 3 is 1.33 bits per heavy atom. The van der Waals surface area contributed by atoms with Crippen LogP contribution in [-0.2, 0) is 0 Å². The Morgan fingerprint density at radius 1 is 0.667 bits per heavy atom. The third-order valence-corrected chi connectivity index (χ3v) is 4.41. The van der Waals surface area contributed by atoms with E-state index in [0.29, 0.717) is 0 Å². The van der Waals surface area contributed by atoms with Gasteiger partial charge in [0.05, 0.1) is 0 Å². The van der Waals surface area contributed by atoms with Crippen LogP contribution < -0.4 is 0 Å². The minimum absolute atomic E-state index is 1.04. The molecule has 0 N–H and O–H groups in total. The number of hydrogen-bond acceptors (Lipinski definition) is 0. The molecule has 0 aromatic carbocycles. The van der Waals surface area contributed by atoms with Crippen molar-refractivity contribution in [1.29, 1.82) is 0 Å². The van der Waals surface area contributed by atoms with Crippen LogP contribution in [-0.4, -0.2) is 0 Å². The van der Waals surface area contributed by atoms with Gasteiger partial charge >= 0.3 is 0 Å². The first-order valence-electron chi connectivity index (χ1n) is 5.79. The van der Waals surface area contributed by atoms with Crippen LogP contribution in [0.25, 0.3) is 0 Å². The van der Waals surface area contributed by atoms with E-state index in [1.807, 2.05) is 0 Å². The molecule has 4 unspecified atom stereocenters. The molecule has 0 aromatic heterocycles. The van der Waals surface area contributed by atoms with Gasteiger partial charge in [0.1, 0.15) is 0 Å². The zero-order valence-corrected chi connectivity index (χ0v) is 8.55. The van der Waals surface area contributed by atoms with Gasteiger partial charge in [0.2, 0.25) is 0 Å². The molecule has 2 aliphatic rings. The molecule has 70 valence electrons. The molecular formula is C12H22. The summed E-state index contributed by atoms with van der Waals surface area (Å²) in [6, 6.07) is 0. The van der Waals surface area contributed by atoms with Crippen molar-refractivity contribution < 1.29 is 0 Å². The summed E-state index contributed by atoms with van der Waals surface area (Å²) in [6.07, 6.45) is 9.11. The van der Waals surface area contributed by atoms with Gasteiger partial charge in [0.25, 0.3) is 0 Å². The summed E-state index contributed by atoms with van der Waals surface area (Å²) in [5, 5.41) is 0. The van der Waals surface area contributed by atoms with Crippen molar-refractivity contribution in [2.75, 3.05) is 0 Å². The van der Waals surface area contributed by atoms with Crippen molar-refractivity contribution >= 4 is 0 Å². The first-order valence-corrected chi connectivity index (χ1v) is 5.79. The van der Waals surface area contributed by atoms with E-state index < -0.39 is 0 Å². The molecule has 12 heavy (non-hydrogen) atoms. The minimum Gasteiger partial charge on any atom is -0.0622 e. The van der Waals surface area contributed by atoms with Crippen molar-refractivity contribution in [3.05, 3.63) is 0 Å². The number of hydrogen-bond donors (Lipinski definition) is 0. The largest absolute Gasteiger partial charge is 0.0622 e. The third kappa shape index (κ3) is 1.41. The zero-order chi connectivity index (χ0) is 8.55. The average Bonchev–Trinajstić information content (AvgIpc) is 2.59. The molecule has 0 heteroatoms. The lowest BCUT2D eigenvalue weighted by Gasteiger charge is -2.26. The van der Waals surface area contributed by atoms with Crippen molar-refractivity contribution in [3.63, 3.8) is 0 Å². The summed E-state index contributed by atoms with van der Waals surface area (Å²) in [4.78, 5) is 0. The molecule has 0 heterocycles. The Kier molecular flexibility index (Phi) is 2.43. The molecule has 0 nitrogen and oxygen atoms in total. The fraction of sp³-hybridized carbons (Fsp3) is 1.00. The summed E-state index contributed by atoms with van der Waals surface area (Å²) in [5.74, 6) is 4.27. The molecule has 2 fully saturated rings. The summed E-state index contributed by atoms with van der Waals surface area (Å²) >= 11 is 0. The van der Waals surface area contributed by atoms with Crippen LogP contribution in [0.4, 0.5) is 0 Å². The molecule has 0 aromatic rings. The molecule has 0 spiro atoms. The van der Waals surface area contributed by atoms with Gasteiger partial charge in [0, 0.05) is 0 Å². The predicted octanol–water partition coefficient (Wildman–Crippen LogP) is 3.86. The highest BCUT2D eigenvalue weighted by Gasteiger charge is 2.35. The van der Waals surface area contributed by atoms with E-state index in [2.05, 4.69) is 13.8 Å². The molecule has 4 atom stereocenters. The lowest BCUT2D eigenvalue weighted by molar-refractivity contribution is 0.230. The van der Waals surface area contributed by atoms with Crippen molar-refractivity contribution in [3.8, 4) is 0 Å². The minimum atomic E-state index is 1.04. The summed E-state index contributed by atoms with van der Waals surface area (Å²) < 4.78 is 0. The van der Waals surface area contributed by atoms with Gasteiger partial charge in [-0.2, -0.15) is 0 Å². The standard InChI is InChI=1S/C12H22/c1-9-5-3-7-11(9)12-8-4-6-10(12)2/h9-12H,3-8H2,1-2H3. The topological polar surface area (TPSA) is 0 Å². The summed E-state index contributed by atoms with van der Waals surface area (Å²) in [7, 11) is 0. The highest BCUT2D eigenvalue weighted by Crippen LogP contribution is 2.46. The van der Waals surface area contributed by atoms with E-state index >= 15 is 0 Å². The van der Waals surface area contributed by atoms with Crippen LogP contribution >= 0.6 is 0 Å². The third-order valence-electron chi connectivity index (χ3n) is 4.41. The molecule has 2 aliphatic carbocycles. The van der Waals surface area contributed by atoms with Gasteiger partial charge in [-0.1, -0.05) is 39.5 Å². The molecule has 0 aliphatic heterocycles. The van der Waals surface area contributed by atoms with Crippen molar-refractivity contribution in [2.24, 2.45) is 23.7 Å². The van der Waals surface area contributed by atoms with E-state index in [9.17, 15) is 0 Å². The Balaban J connectivity index is 1.98. The van der Waals surface area contributed by atoms with Crippen LogP contribution in [0.2, 0.25) is 0 Å². The first kappa shape index (κ1) is 8.59. The molecule has 0 radical (unpaired) electrons. The van der Waals surface area contributed by atoms with Crippen LogP contribution in [0.15, 0.2) is 0 Å². The van der Waals surface area contributed by atoms with Gasteiger partial charge in [-0.15, -0.1) is 0 Å². The average molecular weight is 166 g/mol. The summed E-state index contributed by atoms with van der Waals surface area (Å²) in [6.45, 7) is 4.95. The molecule has 0 saturated heterocycles. The van der Waals surface area contributed by atoms with E-state index in [0.717, 1.165) is 23.7 Å². The number of rotatable bonds is 1. The van der Waals surface area contributed by atoms with Gasteiger partial charge in [-0.05, 0) is 36.5 Å². The summed E-state index contributed by atoms with van der Waals surface area (Å²) in [5.41, 5.74) is 0. The monoisotopic (exact) mass is 166 g/mol. The van der Waals surface area contributed by atoms with Crippen LogP contribution in [0.3, 0.4) is 0 Å². The van der Waals surface area contributed by atoms with E-state index in [-0.39, 0.29) is 0 Å². The Bertz CT molecular complexity index is 132. The quantitative estimate of drug-likeness (QED) is 0.555. The van der Waals surface area contributed by atoms with E-state index in [4.69, 9.17) is 0 Å². The van der Waals surface area contributed by atoms with Crippen LogP contribution in [0.5, 0.6) is 0 Å². The zero-order valence-electron chi connectivity index (χ0n) is 8.55. The van der Waals surface area contributed by atoms with Gasteiger partial charge < -0.3 is 0 Å². The Labute approximate surface area is 76.7 Å². The molecule has 2 saturated carbocycles. The second kappa shape index (κ2) is 3.40. The SMILES string of the molecule is CC1CCCC1C1CCCC1C. The molecule has 0 bridgehead atoms. The van der Waals surface area contributed by atoms with Crippen LogP contribution in [0, 0.1) is 23.7 Å². The van der Waals surface area contributed by atoms with Crippen LogP contribution in [0.1, 0.15) is 52.4 Å². The molecule has 2 rings (SSSR count). The van der Waals surface area contributed by atoms with Gasteiger partial charge in [-0.3, -0.25) is 0 Å². The second-order valence-corrected chi connectivity index (χ2v) is 5.14. The smallest absolute Gasteiger partial charge is 0.0358 e. The van der Waals surface area contributed by atoms with E-state index in [1.54, 1.807) is 0 Å². The van der Waals surface area contributed by atoms with Gasteiger partial charge in [0.15, 0.2) is 0 Å². The fourth-order valence-corrected chi connectivity index (χ4v) is 3.62. The fourth-order valence-electron chi connectivity index (χ4n) is 3.62. The van der Waals surface area contributed by atoms with E-state index in [1.165, 1.54) is 38.5 Å². The Morgan fingerprint density at radius 2 is 1.08 bits per heavy atom. The first-order chi connectivity index (χ1) is 5.79. The molecular weight excluding hydrogens is 144 g/mol. The maximum Gasteiger partial charge on any atom is -0.0358 e. The molecule has 0 amide bonds. The second-order valence-electron chi connectivity index (χ2n) is 5.14. The van der Waals surface area contributed by atoms with Crippen molar-refractivity contribution in [2.45, 2.75) is 52.4 Å². The predicted molar refractivity (Wildman–Crippen MR) is 53.0 cm³/mol. The lowest BCUT2D eigenvalue weighted by Crippen LogP contribution is -2.19. The lowest BCUT2D eigenvalue weighted by atomic mass is 9.79. The highest BCUT2D eigenvalue weighted by atomic mass is 14.4. The highest BCUT2D eigenvalue weighted by molar-refractivity contribution is 4.86. The van der Waals surface area contributed by atoms with Gasteiger partial charge in [-0.25, -0.2) is 0 Å². The normalized spacial score (nSPS) is 48.5. The maximum absolute atomic E-state index is 2.47. The van der Waals surface area contributed by atoms with Crippen molar-refractivity contribution in [1.82, 2.24) is 0 Å². The maximum atomic E-state index is 2.47. The Hall–Kier alpha value is 0.